The third kappa shape index (κ3) is 4.52. The maximum Gasteiger partial charge on any atom is 0.160 e. The van der Waals surface area contributed by atoms with Crippen molar-refractivity contribution in [2.24, 2.45) is 0 Å². The van der Waals surface area contributed by atoms with Crippen LogP contribution < -0.4 is 0 Å². The average molecular weight is 775 g/mol. The molecule has 4 aromatic heterocycles. The third-order valence-corrected chi connectivity index (χ3v) is 14.1. The lowest BCUT2D eigenvalue weighted by Gasteiger charge is -2.23. The smallest absolute Gasteiger partial charge is 0.160 e. The van der Waals surface area contributed by atoms with E-state index in [1.54, 1.807) is 11.3 Å². The van der Waals surface area contributed by atoms with E-state index in [4.69, 9.17) is 9.97 Å². The van der Waals surface area contributed by atoms with Crippen LogP contribution in [0.1, 0.15) is 0 Å². The molecule has 13 rings (SSSR count). The molecule has 0 saturated heterocycles. The SMILES string of the molecule is c1ccc(-n2c3ccccc3c3c4cccc5c4n(c32)-c2cccc(-c3ccc(-c4nc(-c6cccc7ccccc67)c6sc7ccccc7c6n4)cc3)c2S5)cc1. The van der Waals surface area contributed by atoms with Crippen LogP contribution in [0.5, 0.6) is 0 Å². The Hall–Kier alpha value is -6.99. The van der Waals surface area contributed by atoms with Crippen molar-refractivity contribution in [2.45, 2.75) is 9.79 Å². The van der Waals surface area contributed by atoms with E-state index in [1.807, 2.05) is 11.8 Å². The summed E-state index contributed by atoms with van der Waals surface area (Å²) in [6.07, 6.45) is 0. The molecule has 0 unspecified atom stereocenters. The standard InChI is InChI=1S/C52H30N4S2/c1-2-15-34(16-3-1)55-41-23-8-6-18-38(41)45-40-22-12-26-44-48(40)56(52(45)55)42-24-11-20-36(49(42)58-44)32-27-29-33(30-28-32)51-53-46(37-21-10-14-31-13-4-5-17-35(31)37)50-47(54-51)39-19-7-9-25-43(39)57-50/h1-30H. The van der Waals surface area contributed by atoms with Crippen molar-refractivity contribution in [3.05, 3.63) is 182 Å². The highest BCUT2D eigenvalue weighted by atomic mass is 32.2. The molecule has 58 heavy (non-hydrogen) atoms. The van der Waals surface area contributed by atoms with Crippen LogP contribution >= 0.6 is 23.1 Å². The number of fused-ring (bicyclic) bond motifs is 11. The van der Waals surface area contributed by atoms with Crippen molar-refractivity contribution < 1.29 is 0 Å². The number of aromatic nitrogens is 4. The fraction of sp³-hybridized carbons (Fsp3) is 0. The average Bonchev–Trinajstić information content (AvgIpc) is 3.95. The fourth-order valence-electron chi connectivity index (χ4n) is 9.20. The Morgan fingerprint density at radius 2 is 1.17 bits per heavy atom. The summed E-state index contributed by atoms with van der Waals surface area (Å²) >= 11 is 3.65. The topological polar surface area (TPSA) is 35.6 Å². The molecule has 0 N–H and O–H groups in total. The van der Waals surface area contributed by atoms with Crippen molar-refractivity contribution in [3.8, 4) is 45.1 Å². The molecule has 12 aromatic rings. The molecular weight excluding hydrogens is 745 g/mol. The van der Waals surface area contributed by atoms with Gasteiger partial charge in [-0.3, -0.25) is 9.13 Å². The Morgan fingerprint density at radius 1 is 0.483 bits per heavy atom. The second-order valence-corrected chi connectivity index (χ2v) is 17.0. The number of hydrogen-bond donors (Lipinski definition) is 0. The van der Waals surface area contributed by atoms with Crippen molar-refractivity contribution in [3.63, 3.8) is 0 Å². The molecule has 1 aliphatic rings. The molecule has 0 bridgehead atoms. The molecule has 1 aliphatic heterocycles. The molecule has 0 amide bonds. The molecule has 8 aromatic carbocycles. The lowest BCUT2D eigenvalue weighted by molar-refractivity contribution is 1.03. The van der Waals surface area contributed by atoms with Gasteiger partial charge in [-0.15, -0.1) is 11.3 Å². The Bertz CT molecular complexity index is 3640. The zero-order chi connectivity index (χ0) is 37.9. The second kappa shape index (κ2) is 12.3. The van der Waals surface area contributed by atoms with Crippen LogP contribution in [0, 0.1) is 0 Å². The van der Waals surface area contributed by atoms with Crippen LogP contribution in [0.3, 0.4) is 0 Å². The van der Waals surface area contributed by atoms with Crippen LogP contribution in [0.15, 0.2) is 192 Å². The predicted molar refractivity (Wildman–Crippen MR) is 244 cm³/mol. The van der Waals surface area contributed by atoms with E-state index in [0.717, 1.165) is 49.5 Å². The van der Waals surface area contributed by atoms with E-state index in [-0.39, 0.29) is 0 Å². The van der Waals surface area contributed by atoms with Gasteiger partial charge >= 0.3 is 0 Å². The molecule has 4 nitrogen and oxygen atoms in total. The molecule has 270 valence electrons. The minimum atomic E-state index is 0.731. The zero-order valence-electron chi connectivity index (χ0n) is 30.9. The summed E-state index contributed by atoms with van der Waals surface area (Å²) in [5, 5.41) is 7.40. The molecule has 0 fully saturated rings. The van der Waals surface area contributed by atoms with Crippen LogP contribution in [0.4, 0.5) is 0 Å². The zero-order valence-corrected chi connectivity index (χ0v) is 32.6. The summed E-state index contributed by atoms with van der Waals surface area (Å²) in [6, 6.07) is 65.6. The van der Waals surface area contributed by atoms with Gasteiger partial charge in [0.25, 0.3) is 0 Å². The van der Waals surface area contributed by atoms with Gasteiger partial charge < -0.3 is 0 Å². The summed E-state index contributed by atoms with van der Waals surface area (Å²) in [6.45, 7) is 0. The van der Waals surface area contributed by atoms with E-state index >= 15 is 0 Å². The third-order valence-electron chi connectivity index (χ3n) is 11.7. The number of hydrogen-bond acceptors (Lipinski definition) is 4. The summed E-state index contributed by atoms with van der Waals surface area (Å²) in [7, 11) is 0. The fourth-order valence-corrected chi connectivity index (χ4v) is 11.6. The van der Waals surface area contributed by atoms with Gasteiger partial charge in [0.2, 0.25) is 0 Å². The Balaban J connectivity index is 0.992. The van der Waals surface area contributed by atoms with E-state index in [2.05, 4.69) is 191 Å². The maximum absolute atomic E-state index is 5.37. The highest BCUT2D eigenvalue weighted by Crippen LogP contribution is 2.52. The highest BCUT2D eigenvalue weighted by Gasteiger charge is 2.29. The van der Waals surface area contributed by atoms with Crippen LogP contribution in [-0.2, 0) is 0 Å². The number of rotatable bonds is 4. The monoisotopic (exact) mass is 774 g/mol. The first-order valence-corrected chi connectivity index (χ1v) is 21.1. The first kappa shape index (κ1) is 32.1. The molecule has 6 heteroatoms. The number of benzene rings is 8. The van der Waals surface area contributed by atoms with Gasteiger partial charge in [0.15, 0.2) is 5.82 Å². The van der Waals surface area contributed by atoms with E-state index in [9.17, 15) is 0 Å². The first-order valence-electron chi connectivity index (χ1n) is 19.5. The van der Waals surface area contributed by atoms with Crippen molar-refractivity contribution in [1.29, 1.82) is 0 Å². The summed E-state index contributed by atoms with van der Waals surface area (Å²) in [4.78, 5) is 13.2. The lowest BCUT2D eigenvalue weighted by Crippen LogP contribution is -2.06. The van der Waals surface area contributed by atoms with Crippen molar-refractivity contribution >= 4 is 87.0 Å². The second-order valence-electron chi connectivity index (χ2n) is 14.9. The molecule has 0 aliphatic carbocycles. The van der Waals surface area contributed by atoms with Gasteiger partial charge in [0, 0.05) is 52.9 Å². The lowest BCUT2D eigenvalue weighted by atomic mass is 10.0. The van der Waals surface area contributed by atoms with Gasteiger partial charge in [-0.1, -0.05) is 157 Å². The van der Waals surface area contributed by atoms with Crippen molar-refractivity contribution in [2.75, 3.05) is 0 Å². The first-order chi connectivity index (χ1) is 28.8. The maximum atomic E-state index is 5.37. The van der Waals surface area contributed by atoms with Crippen LogP contribution in [-0.4, -0.2) is 19.1 Å². The summed E-state index contributed by atoms with van der Waals surface area (Å²) < 4.78 is 7.29. The molecule has 5 heterocycles. The van der Waals surface area contributed by atoms with Crippen LogP contribution in [0.25, 0.3) is 109 Å². The quantitative estimate of drug-likeness (QED) is 0.179. The Morgan fingerprint density at radius 3 is 2.07 bits per heavy atom. The number of nitrogens with zero attached hydrogens (tertiary/aromatic N) is 4. The summed E-state index contributed by atoms with van der Waals surface area (Å²) in [5.74, 6) is 0.731. The number of para-hydroxylation sites is 3. The van der Waals surface area contributed by atoms with E-state index in [0.29, 0.717) is 0 Å². The minimum absolute atomic E-state index is 0.731. The number of thiophene rings is 1. The van der Waals surface area contributed by atoms with Crippen molar-refractivity contribution in [1.82, 2.24) is 19.1 Å². The predicted octanol–water partition coefficient (Wildman–Crippen LogP) is 14.5. The minimum Gasteiger partial charge on any atom is -0.295 e. The molecular formula is C52H30N4S2. The largest absolute Gasteiger partial charge is 0.295 e. The molecule has 0 radical (unpaired) electrons. The van der Waals surface area contributed by atoms with Gasteiger partial charge in [0.1, 0.15) is 5.65 Å². The molecule has 0 saturated carbocycles. The summed E-state index contributed by atoms with van der Waals surface area (Å²) in [5.41, 5.74) is 12.5. The Kier molecular flexibility index (Phi) is 6.79. The van der Waals surface area contributed by atoms with Crippen LogP contribution in [0.2, 0.25) is 0 Å². The normalized spacial score (nSPS) is 12.4. The molecule has 0 spiro atoms. The Labute approximate surface area is 341 Å². The highest BCUT2D eigenvalue weighted by molar-refractivity contribution is 8.00. The van der Waals surface area contributed by atoms with Gasteiger partial charge in [-0.25, -0.2) is 9.97 Å². The van der Waals surface area contributed by atoms with Gasteiger partial charge in [-0.05, 0) is 58.3 Å². The molecule has 0 atom stereocenters. The van der Waals surface area contributed by atoms with Gasteiger partial charge in [0.05, 0.1) is 32.6 Å². The van der Waals surface area contributed by atoms with Gasteiger partial charge in [-0.2, -0.15) is 0 Å². The van der Waals surface area contributed by atoms with E-state index in [1.165, 1.54) is 69.4 Å². The van der Waals surface area contributed by atoms with E-state index < -0.39 is 0 Å².